The van der Waals surface area contributed by atoms with Crippen molar-refractivity contribution in [2.45, 2.75) is 49.2 Å². The topological polar surface area (TPSA) is 59.1 Å². The zero-order chi connectivity index (χ0) is 16.2. The Balaban J connectivity index is 1.44. The monoisotopic (exact) mass is 318 g/mol. The number of benzene rings is 1. The predicted molar refractivity (Wildman–Crippen MR) is 83.7 cm³/mol. The van der Waals surface area contributed by atoms with Gasteiger partial charge in [-0.1, -0.05) is 30.3 Å². The number of esters is 1. The van der Waals surface area contributed by atoms with Crippen molar-refractivity contribution >= 4 is 5.97 Å². The van der Waals surface area contributed by atoms with Crippen molar-refractivity contribution in [3.8, 4) is 0 Å². The number of hydrogen-bond donors (Lipinski definition) is 1. The largest absolute Gasteiger partial charge is 0.461 e. The quantitative estimate of drug-likeness (QED) is 0.512. The van der Waals surface area contributed by atoms with Crippen molar-refractivity contribution in [1.82, 2.24) is 0 Å². The summed E-state index contributed by atoms with van der Waals surface area (Å²) in [7, 11) is 4.51. The molecule has 0 aliphatic carbocycles. The molecule has 23 heavy (non-hydrogen) atoms. The molecular formula is C18H24NO4+. The van der Waals surface area contributed by atoms with Crippen LogP contribution in [0.25, 0.3) is 0 Å². The van der Waals surface area contributed by atoms with Gasteiger partial charge in [-0.2, -0.15) is 0 Å². The molecule has 0 radical (unpaired) electrons. The van der Waals surface area contributed by atoms with Crippen LogP contribution in [0.5, 0.6) is 0 Å². The van der Waals surface area contributed by atoms with Crippen LogP contribution >= 0.6 is 0 Å². The number of nitrogens with zero attached hydrogens (tertiary/aromatic N) is 1. The van der Waals surface area contributed by atoms with Gasteiger partial charge in [-0.15, -0.1) is 0 Å². The number of rotatable bonds is 4. The Hall–Kier alpha value is -1.43. The van der Waals surface area contributed by atoms with E-state index in [0.717, 1.165) is 22.9 Å². The molecule has 3 aliphatic rings. The second kappa shape index (κ2) is 5.30. The van der Waals surface area contributed by atoms with E-state index in [0.29, 0.717) is 24.3 Å². The first-order valence-corrected chi connectivity index (χ1v) is 8.37. The Morgan fingerprint density at radius 3 is 2.43 bits per heavy atom. The molecule has 1 aromatic rings. The zero-order valence-electron chi connectivity index (χ0n) is 13.6. The van der Waals surface area contributed by atoms with E-state index < -0.39 is 5.92 Å². The molecule has 2 bridgehead atoms. The van der Waals surface area contributed by atoms with Gasteiger partial charge >= 0.3 is 5.97 Å². The number of carbonyl (C=O) groups excluding carboxylic acids is 1. The Labute approximate surface area is 136 Å². The fourth-order valence-electron chi connectivity index (χ4n) is 4.55. The summed E-state index contributed by atoms with van der Waals surface area (Å²) >= 11 is 0. The maximum absolute atomic E-state index is 12.5. The summed E-state index contributed by atoms with van der Waals surface area (Å²) in [5, 5.41) is 9.60. The van der Waals surface area contributed by atoms with Crippen LogP contribution in [0.4, 0.5) is 0 Å². The highest BCUT2D eigenvalue weighted by atomic mass is 16.6. The number of aliphatic hydroxyl groups excluding tert-OH is 1. The predicted octanol–water partition coefficient (Wildman–Crippen LogP) is 1.06. The summed E-state index contributed by atoms with van der Waals surface area (Å²) < 4.78 is 12.5. The standard InChI is InChI=1S/C18H24NO4/c1-19(2)14-8-12(9-15(19)17-16(14)23-17)22-18(21)13(10-20)11-6-4-3-5-7-11/h3-7,12-17,20H,8-10H2,1-2H3/q+1/t13-,14-,15-,16-,17-/m0/s1. The summed E-state index contributed by atoms with van der Waals surface area (Å²) in [6.07, 6.45) is 2.34. The van der Waals surface area contributed by atoms with Crippen LogP contribution in [0, 0.1) is 0 Å². The third kappa shape index (κ3) is 2.38. The lowest BCUT2D eigenvalue weighted by Crippen LogP contribution is -2.60. The first-order chi connectivity index (χ1) is 11.0. The molecule has 1 aromatic carbocycles. The average Bonchev–Trinajstić information content (AvgIpc) is 3.27. The molecule has 0 aromatic heterocycles. The van der Waals surface area contributed by atoms with Crippen molar-refractivity contribution in [3.05, 3.63) is 35.9 Å². The summed E-state index contributed by atoms with van der Waals surface area (Å²) in [5.41, 5.74) is 0.807. The maximum Gasteiger partial charge on any atom is 0.316 e. The van der Waals surface area contributed by atoms with Gasteiger partial charge < -0.3 is 19.1 Å². The minimum Gasteiger partial charge on any atom is -0.461 e. The number of ether oxygens (including phenoxy) is 2. The summed E-state index contributed by atoms with van der Waals surface area (Å²) in [5.74, 6) is -0.908. The van der Waals surface area contributed by atoms with Gasteiger partial charge in [0, 0.05) is 12.8 Å². The van der Waals surface area contributed by atoms with Crippen LogP contribution in [0.1, 0.15) is 24.3 Å². The molecule has 0 amide bonds. The Bertz CT molecular complexity index is 582. The van der Waals surface area contributed by atoms with Gasteiger partial charge in [0.1, 0.15) is 36.3 Å². The van der Waals surface area contributed by atoms with Crippen molar-refractivity contribution in [2.24, 2.45) is 0 Å². The van der Waals surface area contributed by atoms with Crippen molar-refractivity contribution in [1.29, 1.82) is 0 Å². The number of hydrogen-bond acceptors (Lipinski definition) is 4. The van der Waals surface area contributed by atoms with E-state index in [-0.39, 0.29) is 18.7 Å². The number of morpholine rings is 1. The fraction of sp³-hybridized carbons (Fsp3) is 0.611. The molecule has 5 atom stereocenters. The highest BCUT2D eigenvalue weighted by molar-refractivity contribution is 5.78. The van der Waals surface area contributed by atoms with E-state index in [4.69, 9.17) is 9.47 Å². The summed E-state index contributed by atoms with van der Waals surface area (Å²) in [6.45, 7) is -0.224. The van der Waals surface area contributed by atoms with Gasteiger partial charge in [0.25, 0.3) is 0 Å². The van der Waals surface area contributed by atoms with E-state index >= 15 is 0 Å². The number of epoxide rings is 1. The van der Waals surface area contributed by atoms with Crippen molar-refractivity contribution < 1.29 is 23.9 Å². The molecule has 0 unspecified atom stereocenters. The van der Waals surface area contributed by atoms with Gasteiger partial charge in [0.2, 0.25) is 0 Å². The summed E-state index contributed by atoms with van der Waals surface area (Å²) in [6, 6.07) is 10.2. The van der Waals surface area contributed by atoms with Crippen LogP contribution in [0.2, 0.25) is 0 Å². The van der Waals surface area contributed by atoms with Crippen LogP contribution in [0.15, 0.2) is 30.3 Å². The Morgan fingerprint density at radius 2 is 1.87 bits per heavy atom. The summed E-state index contributed by atoms with van der Waals surface area (Å²) in [4.78, 5) is 12.5. The SMILES string of the molecule is C[N+]1(C)[C@H]2CC(OC(=O)[C@@H](CO)c3ccccc3)C[C@H]1[C@@H]1O[C@H]12. The number of fused-ring (bicyclic) bond motifs is 5. The molecule has 4 rings (SSSR count). The lowest BCUT2D eigenvalue weighted by Gasteiger charge is -2.45. The van der Waals surface area contributed by atoms with E-state index in [1.54, 1.807) is 0 Å². The van der Waals surface area contributed by atoms with Crippen LogP contribution < -0.4 is 0 Å². The Kier molecular flexibility index (Phi) is 3.48. The first-order valence-electron chi connectivity index (χ1n) is 8.37. The van der Waals surface area contributed by atoms with Gasteiger partial charge in [-0.05, 0) is 5.56 Å². The highest BCUT2D eigenvalue weighted by Gasteiger charge is 2.70. The molecule has 3 aliphatic heterocycles. The van der Waals surface area contributed by atoms with Gasteiger partial charge in [0.05, 0.1) is 20.7 Å². The van der Waals surface area contributed by atoms with Gasteiger partial charge in [-0.3, -0.25) is 4.79 Å². The second-order valence-electron chi connectivity index (χ2n) is 7.51. The van der Waals surface area contributed by atoms with Crippen LogP contribution in [0.3, 0.4) is 0 Å². The number of quaternary nitrogens is 1. The molecule has 3 fully saturated rings. The molecular weight excluding hydrogens is 294 g/mol. The van der Waals surface area contributed by atoms with Crippen LogP contribution in [-0.2, 0) is 14.3 Å². The zero-order valence-corrected chi connectivity index (χ0v) is 13.6. The molecule has 0 spiro atoms. The third-order valence-electron chi connectivity index (χ3n) is 5.99. The minimum atomic E-state index is -0.593. The molecule has 3 saturated heterocycles. The van der Waals surface area contributed by atoms with E-state index in [1.807, 2.05) is 30.3 Å². The average molecular weight is 318 g/mol. The van der Waals surface area contributed by atoms with Gasteiger partial charge in [0.15, 0.2) is 0 Å². The van der Waals surface area contributed by atoms with Crippen molar-refractivity contribution in [3.63, 3.8) is 0 Å². The molecule has 3 heterocycles. The molecule has 5 nitrogen and oxygen atoms in total. The fourth-order valence-corrected chi connectivity index (χ4v) is 4.55. The van der Waals surface area contributed by atoms with Crippen molar-refractivity contribution in [2.75, 3.05) is 20.7 Å². The molecule has 0 saturated carbocycles. The third-order valence-corrected chi connectivity index (χ3v) is 5.99. The maximum atomic E-state index is 12.5. The van der Waals surface area contributed by atoms with Gasteiger partial charge in [-0.25, -0.2) is 0 Å². The highest BCUT2D eigenvalue weighted by Crippen LogP contribution is 2.51. The normalized spacial score (nSPS) is 37.8. The number of piperidine rings is 1. The number of carbonyl (C=O) groups is 1. The van der Waals surface area contributed by atoms with Crippen LogP contribution in [-0.4, -0.2) is 66.7 Å². The molecule has 124 valence electrons. The minimum absolute atomic E-state index is 0.0576. The smallest absolute Gasteiger partial charge is 0.316 e. The Morgan fingerprint density at radius 1 is 1.26 bits per heavy atom. The van der Waals surface area contributed by atoms with E-state index in [1.165, 1.54) is 0 Å². The second-order valence-corrected chi connectivity index (χ2v) is 7.51. The lowest BCUT2D eigenvalue weighted by molar-refractivity contribution is -0.938. The number of aliphatic hydroxyl groups is 1. The molecule has 5 heteroatoms. The molecule has 1 N–H and O–H groups in total. The van der Waals surface area contributed by atoms with E-state index in [9.17, 15) is 9.90 Å². The first kappa shape index (κ1) is 15.1. The van der Waals surface area contributed by atoms with E-state index in [2.05, 4.69) is 14.1 Å². The number of likely N-dealkylation sites (N-methyl/N-ethyl adjacent to an activating group) is 1. The lowest BCUT2D eigenvalue weighted by atomic mass is 9.95.